The Hall–Kier alpha value is -2.28. The van der Waals surface area contributed by atoms with E-state index in [2.05, 4.69) is 4.98 Å². The lowest BCUT2D eigenvalue weighted by molar-refractivity contribution is 0.0468. The van der Waals surface area contributed by atoms with Crippen molar-refractivity contribution in [1.29, 1.82) is 0 Å². The van der Waals surface area contributed by atoms with Gasteiger partial charge in [0.1, 0.15) is 11.6 Å². The number of rotatable bonds is 6. The van der Waals surface area contributed by atoms with Gasteiger partial charge in [-0.25, -0.2) is 9.78 Å². The number of hydrogen-bond acceptors (Lipinski definition) is 6. The fraction of sp³-hybridized carbons (Fsp3) is 0.158. The summed E-state index contributed by atoms with van der Waals surface area (Å²) < 4.78 is 15.8. The molecule has 140 valence electrons. The standard InChI is InChI=1S/C19H15Cl2NO4S/c1-24-15-7-6-11(8-16(15)25-2)18-22-12(10-27-18)9-26-19(23)13-4-3-5-14(20)17(13)21/h3-8,10H,9H2,1-2H3. The fourth-order valence-corrected chi connectivity index (χ4v) is 3.53. The number of esters is 1. The third kappa shape index (κ3) is 4.35. The summed E-state index contributed by atoms with van der Waals surface area (Å²) in [6.07, 6.45) is 0. The van der Waals surface area contributed by atoms with Crippen molar-refractivity contribution >= 4 is 40.5 Å². The second kappa shape index (κ2) is 8.61. The minimum atomic E-state index is -0.553. The van der Waals surface area contributed by atoms with Gasteiger partial charge in [-0.2, -0.15) is 0 Å². The van der Waals surface area contributed by atoms with E-state index in [1.54, 1.807) is 32.4 Å². The van der Waals surface area contributed by atoms with Crippen LogP contribution in [0, 0.1) is 0 Å². The molecule has 0 aliphatic heterocycles. The van der Waals surface area contributed by atoms with Crippen LogP contribution in [0.25, 0.3) is 10.6 Å². The molecule has 0 bridgehead atoms. The first-order valence-electron chi connectivity index (χ1n) is 7.81. The second-order valence-electron chi connectivity index (χ2n) is 5.39. The van der Waals surface area contributed by atoms with Crippen LogP contribution in [0.4, 0.5) is 0 Å². The lowest BCUT2D eigenvalue weighted by atomic mass is 10.2. The molecule has 8 heteroatoms. The molecule has 0 saturated heterocycles. The Bertz CT molecular complexity index is 974. The molecule has 0 fully saturated rings. The molecular weight excluding hydrogens is 409 g/mol. The molecule has 0 aliphatic rings. The topological polar surface area (TPSA) is 57.7 Å². The van der Waals surface area contributed by atoms with Crippen LogP contribution in [0.1, 0.15) is 16.1 Å². The quantitative estimate of drug-likeness (QED) is 0.490. The average molecular weight is 424 g/mol. The molecular formula is C19H15Cl2NO4S. The number of aromatic nitrogens is 1. The van der Waals surface area contributed by atoms with Crippen LogP contribution < -0.4 is 9.47 Å². The summed E-state index contributed by atoms with van der Waals surface area (Å²) in [6.45, 7) is 0.0332. The Morgan fingerprint density at radius 3 is 2.63 bits per heavy atom. The maximum atomic E-state index is 12.2. The maximum Gasteiger partial charge on any atom is 0.340 e. The number of thiazole rings is 1. The van der Waals surface area contributed by atoms with Gasteiger partial charge >= 0.3 is 5.97 Å². The summed E-state index contributed by atoms with van der Waals surface area (Å²) in [7, 11) is 3.16. The lowest BCUT2D eigenvalue weighted by Crippen LogP contribution is -2.06. The molecule has 27 heavy (non-hydrogen) atoms. The molecule has 0 spiro atoms. The largest absolute Gasteiger partial charge is 0.493 e. The Kier molecular flexibility index (Phi) is 6.21. The zero-order valence-electron chi connectivity index (χ0n) is 14.5. The molecule has 1 aromatic heterocycles. The molecule has 0 amide bonds. The highest BCUT2D eigenvalue weighted by Gasteiger charge is 2.15. The van der Waals surface area contributed by atoms with Gasteiger partial charge in [0, 0.05) is 10.9 Å². The Morgan fingerprint density at radius 2 is 1.89 bits per heavy atom. The number of methoxy groups -OCH3 is 2. The van der Waals surface area contributed by atoms with Crippen LogP contribution in [0.2, 0.25) is 10.0 Å². The normalized spacial score (nSPS) is 10.5. The first-order valence-corrected chi connectivity index (χ1v) is 9.45. The van der Waals surface area contributed by atoms with Gasteiger partial charge in [0.25, 0.3) is 0 Å². The van der Waals surface area contributed by atoms with Crippen LogP contribution in [0.3, 0.4) is 0 Å². The van der Waals surface area contributed by atoms with Gasteiger partial charge in [0.2, 0.25) is 0 Å². The van der Waals surface area contributed by atoms with Crippen LogP contribution in [-0.2, 0) is 11.3 Å². The molecule has 0 saturated carbocycles. The van der Waals surface area contributed by atoms with Crippen molar-refractivity contribution in [3.05, 3.63) is 63.1 Å². The summed E-state index contributed by atoms with van der Waals surface area (Å²) in [5.41, 5.74) is 1.74. The van der Waals surface area contributed by atoms with Gasteiger partial charge < -0.3 is 14.2 Å². The smallest absolute Gasteiger partial charge is 0.340 e. The van der Waals surface area contributed by atoms with E-state index in [0.29, 0.717) is 22.2 Å². The minimum absolute atomic E-state index is 0.0332. The van der Waals surface area contributed by atoms with Crippen LogP contribution in [0.15, 0.2) is 41.8 Å². The number of benzene rings is 2. The van der Waals surface area contributed by atoms with Crippen molar-refractivity contribution in [1.82, 2.24) is 4.98 Å². The van der Waals surface area contributed by atoms with Gasteiger partial charge in [0.15, 0.2) is 11.5 Å². The number of carbonyl (C=O) groups excluding carboxylic acids is 1. The fourth-order valence-electron chi connectivity index (χ4n) is 2.35. The van der Waals surface area contributed by atoms with Crippen LogP contribution in [0.5, 0.6) is 11.5 Å². The zero-order chi connectivity index (χ0) is 19.4. The molecule has 0 aliphatic carbocycles. The minimum Gasteiger partial charge on any atom is -0.493 e. The summed E-state index contributed by atoms with van der Waals surface area (Å²) in [6, 6.07) is 10.4. The predicted molar refractivity (Wildman–Crippen MR) is 106 cm³/mol. The molecule has 3 aromatic rings. The van der Waals surface area contributed by atoms with Gasteiger partial charge in [0.05, 0.1) is 35.5 Å². The summed E-state index contributed by atoms with van der Waals surface area (Å²) in [5, 5.41) is 3.09. The molecule has 5 nitrogen and oxygen atoms in total. The van der Waals surface area contributed by atoms with Crippen molar-refractivity contribution < 1.29 is 19.0 Å². The third-order valence-electron chi connectivity index (χ3n) is 3.70. The highest BCUT2D eigenvalue weighted by molar-refractivity contribution is 7.13. The summed E-state index contributed by atoms with van der Waals surface area (Å²) in [4.78, 5) is 16.7. The molecule has 1 heterocycles. The van der Waals surface area contributed by atoms with E-state index in [1.165, 1.54) is 11.3 Å². The Labute approximate surface area is 170 Å². The van der Waals surface area contributed by atoms with E-state index >= 15 is 0 Å². The molecule has 0 unspecified atom stereocenters. The molecule has 0 N–H and O–H groups in total. The van der Waals surface area contributed by atoms with Crippen LogP contribution in [-0.4, -0.2) is 25.2 Å². The number of nitrogens with zero attached hydrogens (tertiary/aromatic N) is 1. The molecule has 0 atom stereocenters. The second-order valence-corrected chi connectivity index (χ2v) is 7.03. The van der Waals surface area contributed by atoms with Gasteiger partial charge in [-0.1, -0.05) is 29.3 Å². The predicted octanol–water partition coefficient (Wildman–Crippen LogP) is 5.49. The number of hydrogen-bond donors (Lipinski definition) is 0. The maximum absolute atomic E-state index is 12.2. The highest BCUT2D eigenvalue weighted by atomic mass is 35.5. The van der Waals surface area contributed by atoms with E-state index in [4.69, 9.17) is 37.4 Å². The number of carbonyl (C=O) groups is 1. The SMILES string of the molecule is COc1ccc(-c2nc(COC(=O)c3cccc(Cl)c3Cl)cs2)cc1OC. The van der Waals surface area contributed by atoms with E-state index < -0.39 is 5.97 Å². The van der Waals surface area contributed by atoms with Gasteiger partial charge in [-0.15, -0.1) is 11.3 Å². The molecule has 2 aromatic carbocycles. The highest BCUT2D eigenvalue weighted by Crippen LogP contribution is 2.33. The Balaban J connectivity index is 1.71. The Morgan fingerprint density at radius 1 is 1.11 bits per heavy atom. The summed E-state index contributed by atoms with van der Waals surface area (Å²) in [5.74, 6) is 0.710. The van der Waals surface area contributed by atoms with Crippen molar-refractivity contribution in [2.75, 3.05) is 14.2 Å². The van der Waals surface area contributed by atoms with Crippen molar-refractivity contribution in [2.24, 2.45) is 0 Å². The van der Waals surface area contributed by atoms with Gasteiger partial charge in [-0.05, 0) is 30.3 Å². The average Bonchev–Trinajstić information content (AvgIpc) is 3.16. The monoisotopic (exact) mass is 423 g/mol. The van der Waals surface area contributed by atoms with E-state index in [0.717, 1.165) is 10.6 Å². The molecule has 0 radical (unpaired) electrons. The van der Waals surface area contributed by atoms with E-state index in [1.807, 2.05) is 23.6 Å². The van der Waals surface area contributed by atoms with Crippen molar-refractivity contribution in [3.8, 4) is 22.1 Å². The van der Waals surface area contributed by atoms with E-state index in [9.17, 15) is 4.79 Å². The molecule has 3 rings (SSSR count). The summed E-state index contributed by atoms with van der Waals surface area (Å²) >= 11 is 13.4. The number of ether oxygens (including phenoxy) is 3. The number of halogens is 2. The first-order chi connectivity index (χ1) is 13.0. The first kappa shape index (κ1) is 19.5. The third-order valence-corrected chi connectivity index (χ3v) is 5.46. The van der Waals surface area contributed by atoms with E-state index in [-0.39, 0.29) is 17.2 Å². The van der Waals surface area contributed by atoms with Gasteiger partial charge in [-0.3, -0.25) is 0 Å². The zero-order valence-corrected chi connectivity index (χ0v) is 16.8. The van der Waals surface area contributed by atoms with Crippen molar-refractivity contribution in [3.63, 3.8) is 0 Å². The van der Waals surface area contributed by atoms with Crippen molar-refractivity contribution in [2.45, 2.75) is 6.61 Å². The lowest BCUT2D eigenvalue weighted by Gasteiger charge is -2.08. The van der Waals surface area contributed by atoms with Crippen LogP contribution >= 0.6 is 34.5 Å².